The van der Waals surface area contributed by atoms with Gasteiger partial charge >= 0.3 is 0 Å². The van der Waals surface area contributed by atoms with Crippen LogP contribution in [0.2, 0.25) is 0 Å². The number of rotatable bonds is 0. The molecule has 2 aliphatic rings. The van der Waals surface area contributed by atoms with Gasteiger partial charge in [-0.25, -0.2) is 0 Å². The molecule has 0 bridgehead atoms. The first kappa shape index (κ1) is 5.57. The second kappa shape index (κ2) is 1.13. The van der Waals surface area contributed by atoms with Crippen molar-refractivity contribution in [1.82, 2.24) is 0 Å². The van der Waals surface area contributed by atoms with Gasteiger partial charge in [0, 0.05) is 0 Å². The Morgan fingerprint density at radius 1 is 1.25 bits per heavy atom. The number of epoxide rings is 2. The van der Waals surface area contributed by atoms with Gasteiger partial charge in [0.1, 0.15) is 0 Å². The lowest BCUT2D eigenvalue weighted by molar-refractivity contribution is -0.0477. The molecule has 0 aliphatic carbocycles. The van der Waals surface area contributed by atoms with E-state index in [1.165, 1.54) is 0 Å². The Morgan fingerprint density at radius 2 is 1.62 bits per heavy atom. The Hall–Kier alpha value is 0.790. The summed E-state index contributed by atoms with van der Waals surface area (Å²) in [6.45, 7) is 0. The SMILES string of the molecule is ClC(Cl)(Cl)C12OC1O2. The fourth-order valence-electron chi connectivity index (χ4n) is 0.526. The summed E-state index contributed by atoms with van der Waals surface area (Å²) in [5.41, 5.74) is 0. The molecule has 2 rings (SSSR count). The molecule has 0 atom stereocenters. The quantitative estimate of drug-likeness (QED) is 0.411. The van der Waals surface area contributed by atoms with Crippen LogP contribution in [0.5, 0.6) is 0 Å². The fraction of sp³-hybridized carbons (Fsp3) is 1.00. The molecular formula is C3HCl3O2. The molecule has 2 heterocycles. The average Bonchev–Trinajstić information content (AvgIpc) is 1.96. The lowest BCUT2D eigenvalue weighted by Crippen LogP contribution is -2.20. The minimum absolute atomic E-state index is 0.241. The van der Waals surface area contributed by atoms with E-state index in [4.69, 9.17) is 44.3 Å². The van der Waals surface area contributed by atoms with Crippen molar-refractivity contribution in [3.05, 3.63) is 0 Å². The highest BCUT2D eigenvalue weighted by molar-refractivity contribution is 6.68. The van der Waals surface area contributed by atoms with Crippen molar-refractivity contribution < 1.29 is 9.47 Å². The molecule has 0 aromatic heterocycles. The minimum Gasteiger partial charge on any atom is -0.306 e. The maximum Gasteiger partial charge on any atom is 0.274 e. The van der Waals surface area contributed by atoms with Crippen LogP contribution in [0.25, 0.3) is 0 Å². The van der Waals surface area contributed by atoms with Crippen molar-refractivity contribution in [2.45, 2.75) is 15.9 Å². The molecule has 0 unspecified atom stereocenters. The molecule has 8 heavy (non-hydrogen) atoms. The van der Waals surface area contributed by atoms with Crippen molar-refractivity contribution in [1.29, 1.82) is 0 Å². The highest BCUT2D eigenvalue weighted by Gasteiger charge is 2.86. The number of alkyl halides is 3. The molecule has 2 fully saturated rings. The topological polar surface area (TPSA) is 25.1 Å². The van der Waals surface area contributed by atoms with Crippen LogP contribution in [0.3, 0.4) is 0 Å². The molecule has 0 saturated carbocycles. The Morgan fingerprint density at radius 3 is 1.62 bits per heavy atom. The molecule has 0 spiro atoms. The van der Waals surface area contributed by atoms with Gasteiger partial charge in [0.2, 0.25) is 10.1 Å². The highest BCUT2D eigenvalue weighted by Crippen LogP contribution is 2.67. The third-order valence-corrected chi connectivity index (χ3v) is 1.95. The number of halogens is 3. The standard InChI is InChI=1S/C3HCl3O2/c4-3(5,6)2-1(7-2)8-2/h1H. The maximum atomic E-state index is 5.39. The first-order chi connectivity index (χ1) is 3.56. The van der Waals surface area contributed by atoms with Gasteiger partial charge in [-0.15, -0.1) is 0 Å². The van der Waals surface area contributed by atoms with Crippen molar-refractivity contribution in [2.75, 3.05) is 0 Å². The molecular weight excluding hydrogens is 174 g/mol. The summed E-state index contributed by atoms with van der Waals surface area (Å²) < 4.78 is 8.07. The van der Waals surface area contributed by atoms with Gasteiger partial charge in [0.15, 0.2) is 0 Å². The zero-order chi connectivity index (χ0) is 5.99. The Labute approximate surface area is 60.6 Å². The minimum atomic E-state index is -1.41. The zero-order valence-corrected chi connectivity index (χ0v) is 5.80. The van der Waals surface area contributed by atoms with E-state index in [0.717, 1.165) is 0 Å². The smallest absolute Gasteiger partial charge is 0.274 e. The summed E-state index contributed by atoms with van der Waals surface area (Å²) >= 11 is 16.2. The Balaban J connectivity index is 2.17. The van der Waals surface area contributed by atoms with Gasteiger partial charge in [-0.05, 0) is 0 Å². The van der Waals surface area contributed by atoms with E-state index >= 15 is 0 Å². The molecule has 5 heteroatoms. The molecule has 2 aliphatic heterocycles. The first-order valence-electron chi connectivity index (χ1n) is 1.99. The summed E-state index contributed by atoms with van der Waals surface area (Å²) in [6, 6.07) is 0. The average molecular weight is 175 g/mol. The number of fused-ring (bicyclic) bond motifs is 1. The molecule has 0 N–H and O–H groups in total. The third-order valence-electron chi connectivity index (χ3n) is 1.16. The molecule has 0 amide bonds. The lowest BCUT2D eigenvalue weighted by Gasteiger charge is -2.08. The van der Waals surface area contributed by atoms with E-state index in [1.54, 1.807) is 0 Å². The molecule has 0 aromatic carbocycles. The van der Waals surface area contributed by atoms with Crippen molar-refractivity contribution in [3.63, 3.8) is 0 Å². The third kappa shape index (κ3) is 0.479. The van der Waals surface area contributed by atoms with Crippen molar-refractivity contribution in [2.24, 2.45) is 0 Å². The fourth-order valence-corrected chi connectivity index (χ4v) is 1.06. The van der Waals surface area contributed by atoms with Crippen LogP contribution in [0, 0.1) is 0 Å². The van der Waals surface area contributed by atoms with Gasteiger partial charge in [-0.1, -0.05) is 34.8 Å². The Bertz CT molecular complexity index is 134. The summed E-state index contributed by atoms with van der Waals surface area (Å²) in [5.74, 6) is -0.850. The summed E-state index contributed by atoms with van der Waals surface area (Å²) in [7, 11) is 0. The van der Waals surface area contributed by atoms with E-state index in [-0.39, 0.29) is 6.29 Å². The van der Waals surface area contributed by atoms with E-state index in [2.05, 4.69) is 0 Å². The van der Waals surface area contributed by atoms with E-state index in [1.807, 2.05) is 0 Å². The predicted molar refractivity (Wildman–Crippen MR) is 29.0 cm³/mol. The van der Waals surface area contributed by atoms with Crippen LogP contribution in [0.1, 0.15) is 0 Å². The Kier molecular flexibility index (Phi) is 0.789. The molecule has 0 aromatic rings. The van der Waals surface area contributed by atoms with E-state index in [9.17, 15) is 0 Å². The van der Waals surface area contributed by atoms with Gasteiger partial charge in [-0.3, -0.25) is 0 Å². The number of hydrogen-bond donors (Lipinski definition) is 0. The summed E-state index contributed by atoms with van der Waals surface area (Å²) in [4.78, 5) is 0. The molecule has 46 valence electrons. The van der Waals surface area contributed by atoms with Crippen LogP contribution in [-0.2, 0) is 9.47 Å². The molecule has 2 saturated heterocycles. The number of hydrogen-bond acceptors (Lipinski definition) is 2. The largest absolute Gasteiger partial charge is 0.306 e. The van der Waals surface area contributed by atoms with Crippen molar-refractivity contribution >= 4 is 34.8 Å². The van der Waals surface area contributed by atoms with Gasteiger partial charge < -0.3 is 9.47 Å². The summed E-state index contributed by atoms with van der Waals surface area (Å²) in [5, 5.41) is 0. The van der Waals surface area contributed by atoms with Gasteiger partial charge in [0.25, 0.3) is 5.79 Å². The second-order valence-electron chi connectivity index (χ2n) is 1.73. The predicted octanol–water partition coefficient (Wildman–Crippen LogP) is 1.44. The monoisotopic (exact) mass is 174 g/mol. The lowest BCUT2D eigenvalue weighted by atomic mass is 10.5. The maximum absolute atomic E-state index is 5.39. The zero-order valence-electron chi connectivity index (χ0n) is 3.53. The van der Waals surface area contributed by atoms with Crippen LogP contribution < -0.4 is 0 Å². The highest BCUT2D eigenvalue weighted by atomic mass is 35.6. The van der Waals surface area contributed by atoms with Crippen LogP contribution in [0.15, 0.2) is 0 Å². The van der Waals surface area contributed by atoms with E-state index in [0.29, 0.717) is 0 Å². The summed E-state index contributed by atoms with van der Waals surface area (Å²) in [6.07, 6.45) is -0.241. The normalized spacial score (nSPS) is 50.6. The first-order valence-corrected chi connectivity index (χ1v) is 3.12. The second-order valence-corrected chi connectivity index (χ2v) is 4.01. The van der Waals surface area contributed by atoms with Crippen molar-refractivity contribution in [3.8, 4) is 0 Å². The number of ether oxygens (including phenoxy) is 2. The molecule has 2 nitrogen and oxygen atoms in total. The van der Waals surface area contributed by atoms with Gasteiger partial charge in [-0.2, -0.15) is 0 Å². The van der Waals surface area contributed by atoms with Crippen LogP contribution >= 0.6 is 34.8 Å². The van der Waals surface area contributed by atoms with Gasteiger partial charge in [0.05, 0.1) is 0 Å². The van der Waals surface area contributed by atoms with Crippen LogP contribution in [0.4, 0.5) is 0 Å². The molecule has 0 radical (unpaired) electrons. The van der Waals surface area contributed by atoms with Crippen LogP contribution in [-0.4, -0.2) is 15.9 Å². The van der Waals surface area contributed by atoms with E-state index < -0.39 is 9.58 Å².